The summed E-state index contributed by atoms with van der Waals surface area (Å²) in [5.74, 6) is 1.36. The third-order valence-corrected chi connectivity index (χ3v) is 8.68. The van der Waals surface area contributed by atoms with E-state index in [-0.39, 0.29) is 35.9 Å². The van der Waals surface area contributed by atoms with Gasteiger partial charge in [-0.3, -0.25) is 9.52 Å². The van der Waals surface area contributed by atoms with Crippen molar-refractivity contribution in [2.75, 3.05) is 29.8 Å². The Balaban J connectivity index is 1.54. The predicted molar refractivity (Wildman–Crippen MR) is 191 cm³/mol. The van der Waals surface area contributed by atoms with Crippen molar-refractivity contribution in [2.24, 2.45) is 10.8 Å². The van der Waals surface area contributed by atoms with Crippen LogP contribution in [0.25, 0.3) is 11.3 Å². The lowest BCUT2D eigenvalue weighted by Crippen LogP contribution is -2.45. The van der Waals surface area contributed by atoms with Crippen LogP contribution in [0.3, 0.4) is 0 Å². The number of hydrogen-bond donors (Lipinski definition) is 1. The molecule has 5 rings (SSSR count). The van der Waals surface area contributed by atoms with Crippen LogP contribution in [0.1, 0.15) is 75.3 Å². The van der Waals surface area contributed by atoms with Crippen LogP contribution in [0.2, 0.25) is 0 Å². The number of anilines is 2. The van der Waals surface area contributed by atoms with Gasteiger partial charge in [0, 0.05) is 35.7 Å². The molecule has 248 valence electrons. The molecule has 1 amide bonds. The van der Waals surface area contributed by atoms with Crippen LogP contribution in [-0.2, 0) is 6.54 Å². The molecular weight excluding hydrogens is 607 g/mol. The zero-order valence-electron chi connectivity index (χ0n) is 29.1. The largest absolute Gasteiger partial charge is 0.475 e. The Morgan fingerprint density at radius 2 is 1.64 bits per heavy atom. The van der Waals surface area contributed by atoms with Gasteiger partial charge >= 0.3 is 0 Å². The summed E-state index contributed by atoms with van der Waals surface area (Å²) in [4.78, 5) is 38.3. The van der Waals surface area contributed by atoms with E-state index in [2.05, 4.69) is 77.1 Å². The molecule has 3 heterocycles. The van der Waals surface area contributed by atoms with Gasteiger partial charge in [0.1, 0.15) is 12.4 Å². The first-order chi connectivity index (χ1) is 22.1. The Morgan fingerprint density at radius 1 is 0.957 bits per heavy atom. The second kappa shape index (κ2) is 13.9. The SMILES string of the molecule is Cc1cccc(C)c1-c1cc2nc(n1)NSc1cccc(c1)C(=O)N(Cc1ncc(N(C)CC(C)(C)C)cn1)C(CC(C)(C)C)CO2. The summed E-state index contributed by atoms with van der Waals surface area (Å²) < 4.78 is 9.78. The highest BCUT2D eigenvalue weighted by atomic mass is 32.2. The minimum Gasteiger partial charge on any atom is -0.475 e. The van der Waals surface area contributed by atoms with Gasteiger partial charge in [0.05, 0.1) is 36.4 Å². The summed E-state index contributed by atoms with van der Waals surface area (Å²) in [6.07, 6.45) is 4.38. The van der Waals surface area contributed by atoms with E-state index in [0.29, 0.717) is 29.6 Å². The van der Waals surface area contributed by atoms with E-state index in [1.807, 2.05) is 60.7 Å². The number of fused-ring (bicyclic) bond motifs is 4. The smallest absolute Gasteiger partial charge is 0.254 e. The van der Waals surface area contributed by atoms with E-state index < -0.39 is 0 Å². The van der Waals surface area contributed by atoms with Crippen molar-refractivity contribution in [3.05, 3.63) is 83.4 Å². The summed E-state index contributed by atoms with van der Waals surface area (Å²) in [6, 6.07) is 15.4. The molecule has 4 bridgehead atoms. The lowest BCUT2D eigenvalue weighted by Gasteiger charge is -2.35. The molecule has 2 aromatic heterocycles. The van der Waals surface area contributed by atoms with E-state index in [9.17, 15) is 4.79 Å². The Kier molecular flexibility index (Phi) is 10.1. The minimum absolute atomic E-state index is 0.0968. The highest BCUT2D eigenvalue weighted by molar-refractivity contribution is 8.00. The second-order valence-electron chi connectivity index (χ2n) is 14.9. The summed E-state index contributed by atoms with van der Waals surface area (Å²) in [5.41, 5.74) is 5.63. The molecule has 9 nitrogen and oxygen atoms in total. The quantitative estimate of drug-likeness (QED) is 0.208. The Morgan fingerprint density at radius 3 is 2.30 bits per heavy atom. The van der Waals surface area contributed by atoms with Crippen molar-refractivity contribution in [1.29, 1.82) is 0 Å². The van der Waals surface area contributed by atoms with Crippen molar-refractivity contribution < 1.29 is 9.53 Å². The van der Waals surface area contributed by atoms with Crippen molar-refractivity contribution in [3.63, 3.8) is 0 Å². The molecule has 0 saturated carbocycles. The number of ether oxygens (including phenoxy) is 1. The van der Waals surface area contributed by atoms with Gasteiger partial charge in [-0.25, -0.2) is 15.0 Å². The molecule has 0 spiro atoms. The summed E-state index contributed by atoms with van der Waals surface area (Å²) >= 11 is 1.36. The molecule has 0 radical (unpaired) electrons. The predicted octanol–water partition coefficient (Wildman–Crippen LogP) is 7.99. The van der Waals surface area contributed by atoms with Crippen molar-refractivity contribution in [1.82, 2.24) is 24.8 Å². The van der Waals surface area contributed by atoms with Gasteiger partial charge in [-0.15, -0.1) is 0 Å². The van der Waals surface area contributed by atoms with Gasteiger partial charge in [-0.1, -0.05) is 65.8 Å². The number of carbonyl (C=O) groups is 1. The number of hydrogen-bond acceptors (Lipinski definition) is 9. The standard InChI is InChI=1S/C37H47N7O2S/c1-24-12-10-13-25(2)33(24)30-17-32-41-35(40-30)42-47-29-15-11-14-26(16-29)34(45)44(27(22-46-32)18-36(3,4)5)21-31-38-19-28(20-39-31)43(9)23-37(6,7)8/h10-17,19-20,27H,18,21-23H2,1-9H3,(H,40,41,42). The zero-order chi connectivity index (χ0) is 33.9. The van der Waals surface area contributed by atoms with Gasteiger partial charge in [-0.2, -0.15) is 4.98 Å². The molecular formula is C37H47N7O2S. The van der Waals surface area contributed by atoms with Crippen LogP contribution in [0.15, 0.2) is 65.8 Å². The molecule has 1 aliphatic rings. The lowest BCUT2D eigenvalue weighted by atomic mass is 9.87. The molecule has 0 fully saturated rings. The Bertz CT molecular complexity index is 1690. The third kappa shape index (κ3) is 9.00. The molecule has 0 saturated heterocycles. The molecule has 4 aromatic rings. The van der Waals surface area contributed by atoms with E-state index in [1.54, 1.807) is 0 Å². The van der Waals surface area contributed by atoms with Crippen LogP contribution >= 0.6 is 11.9 Å². The maximum Gasteiger partial charge on any atom is 0.254 e. The Hall–Kier alpha value is -4.18. The number of rotatable bonds is 6. The minimum atomic E-state index is -0.290. The zero-order valence-corrected chi connectivity index (χ0v) is 29.9. The van der Waals surface area contributed by atoms with Crippen LogP contribution in [-0.4, -0.2) is 57.0 Å². The molecule has 1 unspecified atom stereocenters. The monoisotopic (exact) mass is 653 g/mol. The molecule has 47 heavy (non-hydrogen) atoms. The molecule has 2 aromatic carbocycles. The summed E-state index contributed by atoms with van der Waals surface area (Å²) in [6.45, 7) is 18.7. The van der Waals surface area contributed by atoms with Crippen LogP contribution < -0.4 is 14.4 Å². The van der Waals surface area contributed by atoms with Gasteiger partial charge < -0.3 is 14.5 Å². The molecule has 10 heteroatoms. The summed E-state index contributed by atoms with van der Waals surface area (Å²) in [5, 5.41) is 0. The number of amides is 1. The van der Waals surface area contributed by atoms with Crippen LogP contribution in [0.4, 0.5) is 11.6 Å². The third-order valence-electron chi connectivity index (χ3n) is 7.91. The molecule has 1 aliphatic heterocycles. The number of aromatic nitrogens is 4. The maximum atomic E-state index is 14.4. The van der Waals surface area contributed by atoms with E-state index >= 15 is 0 Å². The van der Waals surface area contributed by atoms with Crippen molar-refractivity contribution in [3.8, 4) is 17.1 Å². The fourth-order valence-corrected chi connectivity index (χ4v) is 6.58. The first-order valence-electron chi connectivity index (χ1n) is 16.1. The fraction of sp³-hybridized carbons (Fsp3) is 0.432. The topological polar surface area (TPSA) is 96.4 Å². The Labute approximate surface area is 283 Å². The first kappa shape index (κ1) is 34.2. The summed E-state index contributed by atoms with van der Waals surface area (Å²) in [7, 11) is 2.05. The van der Waals surface area contributed by atoms with Gasteiger partial charge in [0.25, 0.3) is 5.91 Å². The number of nitrogens with zero attached hydrogens (tertiary/aromatic N) is 6. The molecule has 1 N–H and O–H groups in total. The van der Waals surface area contributed by atoms with E-state index in [0.717, 1.165) is 39.5 Å². The highest BCUT2D eigenvalue weighted by Gasteiger charge is 2.31. The van der Waals surface area contributed by atoms with Crippen molar-refractivity contribution >= 4 is 29.5 Å². The second-order valence-corrected chi connectivity index (χ2v) is 15.7. The maximum absolute atomic E-state index is 14.4. The van der Waals surface area contributed by atoms with E-state index in [4.69, 9.17) is 24.7 Å². The van der Waals surface area contributed by atoms with Crippen LogP contribution in [0.5, 0.6) is 5.88 Å². The highest BCUT2D eigenvalue weighted by Crippen LogP contribution is 2.32. The van der Waals surface area contributed by atoms with Crippen LogP contribution in [0, 0.1) is 24.7 Å². The average Bonchev–Trinajstić information content (AvgIpc) is 2.99. The molecule has 1 atom stereocenters. The number of aryl methyl sites for hydroxylation is 2. The molecule has 0 aliphatic carbocycles. The average molecular weight is 654 g/mol. The van der Waals surface area contributed by atoms with Crippen molar-refractivity contribution in [2.45, 2.75) is 79.3 Å². The number of benzene rings is 2. The van der Waals surface area contributed by atoms with Gasteiger partial charge in [0.2, 0.25) is 11.8 Å². The van der Waals surface area contributed by atoms with Gasteiger partial charge in [-0.05, 0) is 72.4 Å². The van der Waals surface area contributed by atoms with E-state index in [1.165, 1.54) is 11.9 Å². The number of carbonyl (C=O) groups excluding carboxylic acids is 1. The fourth-order valence-electron chi connectivity index (χ4n) is 5.95. The first-order valence-corrected chi connectivity index (χ1v) is 16.9. The normalized spacial score (nSPS) is 15.6. The lowest BCUT2D eigenvalue weighted by molar-refractivity contribution is 0.0505. The van der Waals surface area contributed by atoms with Gasteiger partial charge in [0.15, 0.2) is 0 Å². The number of nitrogens with one attached hydrogen (secondary N) is 1.